The summed E-state index contributed by atoms with van der Waals surface area (Å²) in [6.45, 7) is 6.00. The summed E-state index contributed by atoms with van der Waals surface area (Å²) in [5.74, 6) is -0.864. The molecule has 1 aromatic carbocycles. The van der Waals surface area contributed by atoms with E-state index in [1.54, 1.807) is 7.11 Å². The minimum absolute atomic E-state index is 0.0854. The largest absolute Gasteiger partial charge is 0.502 e. The number of rotatable bonds is 4. The molecule has 0 aliphatic heterocycles. The lowest BCUT2D eigenvalue weighted by atomic mass is 9.56. The Balaban J connectivity index is 2.15. The highest BCUT2D eigenvalue weighted by Crippen LogP contribution is 2.51. The average molecular weight is 308 g/mol. The van der Waals surface area contributed by atoms with Gasteiger partial charge in [0.05, 0.1) is 10.5 Å². The van der Waals surface area contributed by atoms with Crippen LogP contribution in [0.2, 0.25) is 0 Å². The van der Waals surface area contributed by atoms with Crippen molar-refractivity contribution in [1.82, 2.24) is 5.32 Å². The number of carbonyl (C=O) groups excluding carboxylic acids is 1. The number of amides is 1. The number of nitrogens with one attached hydrogen (secondary N) is 1. The summed E-state index contributed by atoms with van der Waals surface area (Å²) in [6.07, 6.45) is 0.669. The van der Waals surface area contributed by atoms with Crippen LogP contribution in [0.4, 0.5) is 5.69 Å². The van der Waals surface area contributed by atoms with E-state index in [0.29, 0.717) is 6.42 Å². The zero-order valence-electron chi connectivity index (χ0n) is 13.0. The normalized spacial score (nSPS) is 26.1. The number of hydrogen-bond acceptors (Lipinski definition) is 5. The second kappa shape index (κ2) is 5.24. The second-order valence-electron chi connectivity index (χ2n) is 6.35. The first-order chi connectivity index (χ1) is 10.1. The van der Waals surface area contributed by atoms with E-state index in [0.717, 1.165) is 12.1 Å². The van der Waals surface area contributed by atoms with E-state index in [1.807, 2.05) is 20.8 Å². The third-order valence-corrected chi connectivity index (χ3v) is 5.02. The van der Waals surface area contributed by atoms with Crippen molar-refractivity contribution in [1.29, 1.82) is 0 Å². The summed E-state index contributed by atoms with van der Waals surface area (Å²) >= 11 is 0. The molecule has 0 bridgehead atoms. The van der Waals surface area contributed by atoms with Crippen LogP contribution >= 0.6 is 0 Å². The standard InChI is InChI=1S/C15H20N2O5/c1-14(2)12(8-15(14,3)22-4)16-13(19)9-5-6-11(18)10(7-9)17(20)21/h5-7,12,18H,8H2,1-4H3,(H,16,19)/t12-,15-/m1/s1. The van der Waals surface area contributed by atoms with Crippen LogP contribution in [-0.2, 0) is 4.74 Å². The number of carbonyl (C=O) groups is 1. The van der Waals surface area contributed by atoms with Crippen molar-refractivity contribution in [2.24, 2.45) is 5.41 Å². The van der Waals surface area contributed by atoms with Gasteiger partial charge in [-0.05, 0) is 25.5 Å². The number of aromatic hydroxyl groups is 1. The molecule has 1 aromatic rings. The highest BCUT2D eigenvalue weighted by Gasteiger charge is 2.58. The molecule has 0 aromatic heterocycles. The monoisotopic (exact) mass is 308 g/mol. The Morgan fingerprint density at radius 2 is 2.09 bits per heavy atom. The Morgan fingerprint density at radius 1 is 1.45 bits per heavy atom. The van der Waals surface area contributed by atoms with Gasteiger partial charge in [-0.15, -0.1) is 0 Å². The number of nitro groups is 1. The number of methoxy groups -OCH3 is 1. The Bertz CT molecular complexity index is 628. The lowest BCUT2D eigenvalue weighted by molar-refractivity contribution is -0.385. The third kappa shape index (κ3) is 2.41. The molecule has 1 fully saturated rings. The van der Waals surface area contributed by atoms with E-state index in [2.05, 4.69) is 5.32 Å². The number of phenolic OH excluding ortho intramolecular Hbond substituents is 1. The maximum atomic E-state index is 12.3. The Kier molecular flexibility index (Phi) is 3.87. The van der Waals surface area contributed by atoms with E-state index in [1.165, 1.54) is 6.07 Å². The predicted molar refractivity (Wildman–Crippen MR) is 79.8 cm³/mol. The minimum atomic E-state index is -0.721. The molecule has 0 radical (unpaired) electrons. The lowest BCUT2D eigenvalue weighted by Gasteiger charge is -2.59. The highest BCUT2D eigenvalue weighted by atomic mass is 16.6. The zero-order chi connectivity index (χ0) is 16.7. The molecule has 1 amide bonds. The number of nitrogens with zero attached hydrogens (tertiary/aromatic N) is 1. The maximum Gasteiger partial charge on any atom is 0.311 e. The van der Waals surface area contributed by atoms with E-state index >= 15 is 0 Å². The van der Waals surface area contributed by atoms with Gasteiger partial charge in [-0.2, -0.15) is 0 Å². The van der Waals surface area contributed by atoms with Crippen molar-refractivity contribution < 1.29 is 19.6 Å². The summed E-state index contributed by atoms with van der Waals surface area (Å²) in [5.41, 5.74) is -0.903. The topological polar surface area (TPSA) is 102 Å². The van der Waals surface area contributed by atoms with Crippen LogP contribution in [0.5, 0.6) is 5.75 Å². The van der Waals surface area contributed by atoms with Crippen molar-refractivity contribution in [2.75, 3.05) is 7.11 Å². The summed E-state index contributed by atoms with van der Waals surface area (Å²) < 4.78 is 5.50. The Hall–Kier alpha value is -2.15. The molecule has 1 aliphatic rings. The molecule has 0 heterocycles. The first-order valence-electron chi connectivity index (χ1n) is 6.96. The lowest BCUT2D eigenvalue weighted by Crippen LogP contribution is -2.68. The van der Waals surface area contributed by atoms with E-state index < -0.39 is 22.3 Å². The van der Waals surface area contributed by atoms with E-state index in [9.17, 15) is 20.0 Å². The fraction of sp³-hybridized carbons (Fsp3) is 0.533. The van der Waals surface area contributed by atoms with E-state index in [-0.39, 0.29) is 22.6 Å². The second-order valence-corrected chi connectivity index (χ2v) is 6.35. The van der Waals surface area contributed by atoms with Crippen LogP contribution in [0.15, 0.2) is 18.2 Å². The molecule has 0 saturated heterocycles. The van der Waals surface area contributed by atoms with Gasteiger partial charge in [0, 0.05) is 30.2 Å². The van der Waals surface area contributed by atoms with Gasteiger partial charge in [0.15, 0.2) is 5.75 Å². The average Bonchev–Trinajstić information content (AvgIpc) is 2.46. The molecule has 1 aliphatic carbocycles. The van der Waals surface area contributed by atoms with Crippen LogP contribution in [0.1, 0.15) is 37.6 Å². The van der Waals surface area contributed by atoms with E-state index in [4.69, 9.17) is 4.74 Å². The molecule has 7 heteroatoms. The molecular formula is C15H20N2O5. The van der Waals surface area contributed by atoms with Gasteiger partial charge in [-0.1, -0.05) is 13.8 Å². The number of ether oxygens (including phenoxy) is 1. The van der Waals surface area contributed by atoms with Crippen LogP contribution in [-0.4, -0.2) is 34.7 Å². The van der Waals surface area contributed by atoms with Crippen LogP contribution in [0, 0.1) is 15.5 Å². The first kappa shape index (κ1) is 16.2. The van der Waals surface area contributed by atoms with Crippen molar-refractivity contribution >= 4 is 11.6 Å². The number of nitro benzene ring substituents is 1. The summed E-state index contributed by atoms with van der Waals surface area (Å²) in [5, 5.41) is 23.1. The minimum Gasteiger partial charge on any atom is -0.502 e. The smallest absolute Gasteiger partial charge is 0.311 e. The molecule has 0 unspecified atom stereocenters. The van der Waals surface area contributed by atoms with Crippen LogP contribution in [0.25, 0.3) is 0 Å². The number of hydrogen-bond donors (Lipinski definition) is 2. The number of phenols is 1. The summed E-state index contributed by atoms with van der Waals surface area (Å²) in [6, 6.07) is 3.50. The first-order valence-corrected chi connectivity index (χ1v) is 6.96. The Morgan fingerprint density at radius 3 is 2.59 bits per heavy atom. The molecule has 1 saturated carbocycles. The predicted octanol–water partition coefficient (Wildman–Crippen LogP) is 2.23. The van der Waals surface area contributed by atoms with Gasteiger partial charge in [-0.3, -0.25) is 14.9 Å². The molecule has 2 atom stereocenters. The fourth-order valence-corrected chi connectivity index (χ4v) is 2.78. The summed E-state index contributed by atoms with van der Waals surface area (Å²) in [7, 11) is 1.64. The molecule has 0 spiro atoms. The Labute approximate surface area is 128 Å². The van der Waals surface area contributed by atoms with Crippen molar-refractivity contribution in [3.63, 3.8) is 0 Å². The van der Waals surface area contributed by atoms with Crippen molar-refractivity contribution in [3.8, 4) is 5.75 Å². The molecule has 120 valence electrons. The van der Waals surface area contributed by atoms with Crippen LogP contribution in [0.3, 0.4) is 0 Å². The number of benzene rings is 1. The van der Waals surface area contributed by atoms with Gasteiger partial charge in [-0.25, -0.2) is 0 Å². The molecule has 2 rings (SSSR count). The van der Waals surface area contributed by atoms with Gasteiger partial charge in [0.1, 0.15) is 0 Å². The zero-order valence-corrected chi connectivity index (χ0v) is 13.0. The van der Waals surface area contributed by atoms with Crippen molar-refractivity contribution in [2.45, 2.75) is 38.8 Å². The molecule has 7 nitrogen and oxygen atoms in total. The highest BCUT2D eigenvalue weighted by molar-refractivity contribution is 5.95. The molecular weight excluding hydrogens is 288 g/mol. The molecule has 22 heavy (non-hydrogen) atoms. The van der Waals surface area contributed by atoms with Gasteiger partial charge in [0.2, 0.25) is 0 Å². The fourth-order valence-electron chi connectivity index (χ4n) is 2.78. The maximum absolute atomic E-state index is 12.3. The third-order valence-electron chi connectivity index (χ3n) is 5.02. The van der Waals surface area contributed by atoms with Gasteiger partial charge < -0.3 is 15.2 Å². The van der Waals surface area contributed by atoms with Crippen LogP contribution < -0.4 is 5.32 Å². The SMILES string of the molecule is CO[C@]1(C)C[C@@H](NC(=O)c2ccc(O)c([N+](=O)[O-])c2)C1(C)C. The molecule has 2 N–H and O–H groups in total. The van der Waals surface area contributed by atoms with Gasteiger partial charge in [0.25, 0.3) is 5.91 Å². The van der Waals surface area contributed by atoms with Gasteiger partial charge >= 0.3 is 5.69 Å². The van der Waals surface area contributed by atoms with Crippen molar-refractivity contribution in [3.05, 3.63) is 33.9 Å². The quantitative estimate of drug-likeness (QED) is 0.656. The summed E-state index contributed by atoms with van der Waals surface area (Å²) in [4.78, 5) is 22.4.